The molecule has 1 rings (SSSR count). The average molecular weight is 237 g/mol. The molecule has 0 aliphatic rings. The highest BCUT2D eigenvalue weighted by Crippen LogP contribution is 2.26. The fraction of sp³-hybridized carbons (Fsp3) is 0.571. The SMILES string of the molecule is CC(O)N(c1ccc(C(C)(C)C)cc1)C(C)O. The second kappa shape index (κ2) is 5.07. The summed E-state index contributed by atoms with van der Waals surface area (Å²) in [6, 6.07) is 7.93. The van der Waals surface area contributed by atoms with Crippen LogP contribution in [0.4, 0.5) is 5.69 Å². The summed E-state index contributed by atoms with van der Waals surface area (Å²) in [5.41, 5.74) is 2.17. The molecule has 0 amide bonds. The molecule has 1 aromatic carbocycles. The number of rotatable bonds is 3. The summed E-state index contributed by atoms with van der Waals surface area (Å²) in [5, 5.41) is 19.3. The summed E-state index contributed by atoms with van der Waals surface area (Å²) in [4.78, 5) is 1.56. The molecule has 0 heterocycles. The van der Waals surface area contributed by atoms with Gasteiger partial charge in [-0.05, 0) is 37.0 Å². The Hall–Kier alpha value is -1.06. The van der Waals surface area contributed by atoms with E-state index in [1.54, 1.807) is 18.7 Å². The van der Waals surface area contributed by atoms with Gasteiger partial charge in [0.15, 0.2) is 0 Å². The van der Waals surface area contributed by atoms with Crippen LogP contribution in [0.5, 0.6) is 0 Å². The quantitative estimate of drug-likeness (QED) is 0.794. The Morgan fingerprint density at radius 2 is 1.35 bits per heavy atom. The maximum absolute atomic E-state index is 9.63. The van der Waals surface area contributed by atoms with E-state index in [0.29, 0.717) is 0 Å². The molecule has 0 aliphatic carbocycles. The van der Waals surface area contributed by atoms with Gasteiger partial charge in [0.05, 0.1) is 0 Å². The molecular formula is C14H23NO2. The van der Waals surface area contributed by atoms with E-state index in [9.17, 15) is 10.2 Å². The Morgan fingerprint density at radius 3 is 1.65 bits per heavy atom. The number of anilines is 1. The van der Waals surface area contributed by atoms with Crippen molar-refractivity contribution in [3.63, 3.8) is 0 Å². The number of benzene rings is 1. The van der Waals surface area contributed by atoms with Crippen LogP contribution in [0.1, 0.15) is 40.2 Å². The lowest BCUT2D eigenvalue weighted by molar-refractivity contribution is 0.105. The highest BCUT2D eigenvalue weighted by molar-refractivity contribution is 5.49. The zero-order valence-electron chi connectivity index (χ0n) is 11.3. The van der Waals surface area contributed by atoms with Gasteiger partial charge in [-0.3, -0.25) is 0 Å². The van der Waals surface area contributed by atoms with Gasteiger partial charge in [-0.25, -0.2) is 0 Å². The minimum atomic E-state index is -0.713. The Labute approximate surface area is 104 Å². The summed E-state index contributed by atoms with van der Waals surface area (Å²) in [6.45, 7) is 9.75. The Bertz CT molecular complexity index is 341. The lowest BCUT2D eigenvalue weighted by Crippen LogP contribution is -2.40. The third-order valence-corrected chi connectivity index (χ3v) is 2.84. The lowest BCUT2D eigenvalue weighted by atomic mass is 9.87. The van der Waals surface area contributed by atoms with Crippen molar-refractivity contribution in [1.82, 2.24) is 0 Å². The molecule has 0 bridgehead atoms. The van der Waals surface area contributed by atoms with E-state index >= 15 is 0 Å². The van der Waals surface area contributed by atoms with Crippen LogP contribution < -0.4 is 4.90 Å². The minimum Gasteiger partial charge on any atom is -0.374 e. The van der Waals surface area contributed by atoms with E-state index in [-0.39, 0.29) is 5.41 Å². The van der Waals surface area contributed by atoms with Gasteiger partial charge in [-0.2, -0.15) is 0 Å². The maximum Gasteiger partial charge on any atom is 0.126 e. The molecule has 3 heteroatoms. The van der Waals surface area contributed by atoms with Crippen LogP contribution in [0.2, 0.25) is 0 Å². The summed E-state index contributed by atoms with van der Waals surface area (Å²) < 4.78 is 0. The van der Waals surface area contributed by atoms with E-state index in [4.69, 9.17) is 0 Å². The summed E-state index contributed by atoms with van der Waals surface area (Å²) in [7, 11) is 0. The van der Waals surface area contributed by atoms with E-state index < -0.39 is 12.5 Å². The summed E-state index contributed by atoms with van der Waals surface area (Å²) in [6.07, 6.45) is -1.43. The lowest BCUT2D eigenvalue weighted by Gasteiger charge is -2.31. The zero-order valence-corrected chi connectivity index (χ0v) is 11.3. The molecular weight excluding hydrogens is 214 g/mol. The highest BCUT2D eigenvalue weighted by Gasteiger charge is 2.18. The van der Waals surface area contributed by atoms with E-state index in [1.807, 2.05) is 24.3 Å². The predicted molar refractivity (Wildman–Crippen MR) is 71.0 cm³/mol. The first-order chi connectivity index (χ1) is 7.73. The molecule has 0 saturated carbocycles. The third kappa shape index (κ3) is 3.45. The predicted octanol–water partition coefficient (Wildman–Crippen LogP) is 2.47. The van der Waals surface area contributed by atoms with Crippen LogP contribution in [-0.4, -0.2) is 22.7 Å². The van der Waals surface area contributed by atoms with Crippen molar-refractivity contribution in [2.24, 2.45) is 0 Å². The van der Waals surface area contributed by atoms with Gasteiger partial charge in [0, 0.05) is 5.69 Å². The van der Waals surface area contributed by atoms with Gasteiger partial charge in [-0.15, -0.1) is 0 Å². The topological polar surface area (TPSA) is 43.7 Å². The minimum absolute atomic E-state index is 0.110. The van der Waals surface area contributed by atoms with E-state index in [0.717, 1.165) is 5.69 Å². The Morgan fingerprint density at radius 1 is 0.941 bits per heavy atom. The average Bonchev–Trinajstić information content (AvgIpc) is 2.15. The van der Waals surface area contributed by atoms with Crippen molar-refractivity contribution in [1.29, 1.82) is 0 Å². The summed E-state index contributed by atoms with van der Waals surface area (Å²) >= 11 is 0. The molecule has 0 aliphatic heterocycles. The molecule has 0 fully saturated rings. The molecule has 1 aromatic rings. The van der Waals surface area contributed by atoms with Crippen LogP contribution in [0.25, 0.3) is 0 Å². The van der Waals surface area contributed by atoms with Crippen molar-refractivity contribution < 1.29 is 10.2 Å². The standard InChI is InChI=1S/C14H23NO2/c1-10(16)15(11(2)17)13-8-6-12(7-9-13)14(3,4)5/h6-11,16-17H,1-5H3. The largest absolute Gasteiger partial charge is 0.374 e. The van der Waals surface area contributed by atoms with Gasteiger partial charge in [0.2, 0.25) is 0 Å². The van der Waals surface area contributed by atoms with Crippen LogP contribution >= 0.6 is 0 Å². The number of hydrogen-bond donors (Lipinski definition) is 2. The van der Waals surface area contributed by atoms with Crippen LogP contribution in [0.3, 0.4) is 0 Å². The molecule has 17 heavy (non-hydrogen) atoms. The molecule has 0 spiro atoms. The first kappa shape index (κ1) is 14.0. The number of nitrogens with zero attached hydrogens (tertiary/aromatic N) is 1. The van der Waals surface area contributed by atoms with Crippen molar-refractivity contribution in [2.75, 3.05) is 4.90 Å². The fourth-order valence-corrected chi connectivity index (χ4v) is 1.88. The number of aliphatic hydroxyl groups is 2. The number of hydrogen-bond acceptors (Lipinski definition) is 3. The first-order valence-corrected chi connectivity index (χ1v) is 5.98. The van der Waals surface area contributed by atoms with Crippen LogP contribution in [0.15, 0.2) is 24.3 Å². The van der Waals surface area contributed by atoms with Gasteiger partial charge in [-0.1, -0.05) is 32.9 Å². The Kier molecular flexibility index (Phi) is 4.17. The molecule has 0 saturated heterocycles. The second-order valence-corrected chi connectivity index (χ2v) is 5.47. The van der Waals surface area contributed by atoms with Gasteiger partial charge < -0.3 is 15.1 Å². The fourth-order valence-electron chi connectivity index (χ4n) is 1.88. The molecule has 2 unspecified atom stereocenters. The van der Waals surface area contributed by atoms with Crippen molar-refractivity contribution in [2.45, 2.75) is 52.5 Å². The molecule has 0 radical (unpaired) electrons. The smallest absolute Gasteiger partial charge is 0.126 e. The van der Waals surface area contributed by atoms with Gasteiger partial charge in [0.1, 0.15) is 12.5 Å². The highest BCUT2D eigenvalue weighted by atomic mass is 16.3. The third-order valence-electron chi connectivity index (χ3n) is 2.84. The van der Waals surface area contributed by atoms with Gasteiger partial charge >= 0.3 is 0 Å². The van der Waals surface area contributed by atoms with Gasteiger partial charge in [0.25, 0.3) is 0 Å². The maximum atomic E-state index is 9.63. The molecule has 0 aromatic heterocycles. The van der Waals surface area contributed by atoms with Crippen molar-refractivity contribution in [3.8, 4) is 0 Å². The molecule has 96 valence electrons. The Balaban J connectivity index is 3.01. The first-order valence-electron chi connectivity index (χ1n) is 5.98. The van der Waals surface area contributed by atoms with Crippen molar-refractivity contribution >= 4 is 5.69 Å². The molecule has 2 N–H and O–H groups in total. The molecule has 2 atom stereocenters. The van der Waals surface area contributed by atoms with E-state index in [1.165, 1.54) is 5.56 Å². The van der Waals surface area contributed by atoms with Crippen LogP contribution in [-0.2, 0) is 5.41 Å². The normalized spacial score (nSPS) is 15.5. The monoisotopic (exact) mass is 237 g/mol. The van der Waals surface area contributed by atoms with Crippen molar-refractivity contribution in [3.05, 3.63) is 29.8 Å². The van der Waals surface area contributed by atoms with E-state index in [2.05, 4.69) is 20.8 Å². The molecule has 3 nitrogen and oxygen atoms in total. The zero-order chi connectivity index (χ0) is 13.2. The second-order valence-electron chi connectivity index (χ2n) is 5.47. The summed E-state index contributed by atoms with van der Waals surface area (Å²) in [5.74, 6) is 0. The van der Waals surface area contributed by atoms with Crippen LogP contribution in [0, 0.1) is 0 Å². The number of aliphatic hydroxyl groups excluding tert-OH is 2.